The van der Waals surface area contributed by atoms with Crippen LogP contribution in [0.2, 0.25) is 0 Å². The van der Waals surface area contributed by atoms with Crippen LogP contribution in [0.4, 0.5) is 5.69 Å². The van der Waals surface area contributed by atoms with E-state index in [9.17, 15) is 4.79 Å². The quantitative estimate of drug-likeness (QED) is 0.612. The number of allylic oxidation sites excluding steroid dienone is 1. The van der Waals surface area contributed by atoms with Crippen molar-refractivity contribution in [1.82, 2.24) is 0 Å². The Morgan fingerprint density at radius 2 is 2.27 bits per heavy atom. The van der Waals surface area contributed by atoms with Crippen molar-refractivity contribution in [3.8, 4) is 0 Å². The molecule has 0 unspecified atom stereocenters. The van der Waals surface area contributed by atoms with Crippen molar-refractivity contribution in [2.45, 2.75) is 6.42 Å². The van der Waals surface area contributed by atoms with Gasteiger partial charge in [-0.2, -0.15) is 0 Å². The molecule has 1 rings (SSSR count). The van der Waals surface area contributed by atoms with Crippen LogP contribution in [0.25, 0.3) is 6.08 Å². The third kappa shape index (κ3) is 2.99. The number of anilines is 1. The summed E-state index contributed by atoms with van der Waals surface area (Å²) in [6, 6.07) is 5.01. The molecule has 1 aromatic rings. The van der Waals surface area contributed by atoms with Gasteiger partial charge >= 0.3 is 5.97 Å². The normalized spacial score (nSPS) is 10.7. The summed E-state index contributed by atoms with van der Waals surface area (Å²) in [4.78, 5) is 10.9. The van der Waals surface area contributed by atoms with Crippen molar-refractivity contribution in [3.05, 3.63) is 35.4 Å². The topological polar surface area (TPSA) is 63.3 Å². The lowest BCUT2D eigenvalue weighted by molar-refractivity contribution is 0.0698. The fraction of sp³-hybridized carbons (Fsp3) is 0.182. The van der Waals surface area contributed by atoms with E-state index in [1.807, 2.05) is 6.08 Å². The van der Waals surface area contributed by atoms with Crippen LogP contribution in [0.5, 0.6) is 0 Å². The first-order chi connectivity index (χ1) is 7.16. The third-order valence-electron chi connectivity index (χ3n) is 1.92. The predicted molar refractivity (Wildman–Crippen MR) is 62.2 cm³/mol. The lowest BCUT2D eigenvalue weighted by atomic mass is 10.0. The predicted octanol–water partition coefficient (Wildman–Crippen LogP) is 2.61. The van der Waals surface area contributed by atoms with E-state index in [-0.39, 0.29) is 11.3 Å². The minimum Gasteiger partial charge on any atom is -0.478 e. The summed E-state index contributed by atoms with van der Waals surface area (Å²) in [6.45, 7) is 0. The molecule has 0 aliphatic heterocycles. The van der Waals surface area contributed by atoms with Gasteiger partial charge in [0, 0.05) is 11.6 Å². The van der Waals surface area contributed by atoms with Crippen LogP contribution in [-0.2, 0) is 0 Å². The highest BCUT2D eigenvalue weighted by atomic mass is 35.5. The van der Waals surface area contributed by atoms with Crippen LogP contribution in [-0.4, -0.2) is 17.0 Å². The number of carbonyl (C=O) groups is 1. The molecule has 0 bridgehead atoms. The number of aromatic carboxylic acids is 1. The first kappa shape index (κ1) is 11.6. The van der Waals surface area contributed by atoms with Gasteiger partial charge in [0.05, 0.1) is 5.56 Å². The van der Waals surface area contributed by atoms with Crippen LogP contribution >= 0.6 is 11.6 Å². The molecule has 0 saturated heterocycles. The smallest absolute Gasteiger partial charge is 0.338 e. The van der Waals surface area contributed by atoms with E-state index in [1.165, 1.54) is 0 Å². The second kappa shape index (κ2) is 5.41. The number of hydrogen-bond acceptors (Lipinski definition) is 2. The number of carboxylic acid groups (broad SMARTS) is 1. The highest BCUT2D eigenvalue weighted by Gasteiger charge is 2.10. The second-order valence-corrected chi connectivity index (χ2v) is 3.37. The summed E-state index contributed by atoms with van der Waals surface area (Å²) >= 11 is 5.51. The van der Waals surface area contributed by atoms with Gasteiger partial charge in [0.15, 0.2) is 0 Å². The molecule has 0 fully saturated rings. The van der Waals surface area contributed by atoms with Gasteiger partial charge < -0.3 is 10.8 Å². The highest BCUT2D eigenvalue weighted by Crippen LogP contribution is 2.18. The number of alkyl halides is 1. The van der Waals surface area contributed by atoms with E-state index < -0.39 is 5.97 Å². The average Bonchev–Trinajstić information content (AvgIpc) is 2.17. The fourth-order valence-electron chi connectivity index (χ4n) is 1.25. The van der Waals surface area contributed by atoms with E-state index >= 15 is 0 Å². The molecule has 0 aromatic heterocycles. The van der Waals surface area contributed by atoms with E-state index in [0.29, 0.717) is 17.9 Å². The monoisotopic (exact) mass is 225 g/mol. The zero-order valence-corrected chi connectivity index (χ0v) is 8.87. The van der Waals surface area contributed by atoms with Crippen LogP contribution in [0.15, 0.2) is 24.3 Å². The van der Waals surface area contributed by atoms with Crippen molar-refractivity contribution in [1.29, 1.82) is 0 Å². The van der Waals surface area contributed by atoms with Crippen molar-refractivity contribution >= 4 is 29.3 Å². The minimum atomic E-state index is -1.02. The molecule has 15 heavy (non-hydrogen) atoms. The van der Waals surface area contributed by atoms with E-state index in [1.54, 1.807) is 24.3 Å². The summed E-state index contributed by atoms with van der Waals surface area (Å²) in [5.74, 6) is -0.500. The number of hydrogen-bond donors (Lipinski definition) is 2. The second-order valence-electron chi connectivity index (χ2n) is 3.00. The first-order valence-corrected chi connectivity index (χ1v) is 5.04. The van der Waals surface area contributed by atoms with Crippen LogP contribution < -0.4 is 5.73 Å². The van der Waals surface area contributed by atoms with Gasteiger partial charge in [-0.15, -0.1) is 11.6 Å². The lowest BCUT2D eigenvalue weighted by Gasteiger charge is -2.04. The van der Waals surface area contributed by atoms with Crippen LogP contribution in [0.1, 0.15) is 22.3 Å². The molecule has 0 spiro atoms. The summed E-state index contributed by atoms with van der Waals surface area (Å²) in [6.07, 6.45) is 4.26. The summed E-state index contributed by atoms with van der Waals surface area (Å²) in [5.41, 5.74) is 6.61. The molecule has 0 radical (unpaired) electrons. The molecule has 3 N–H and O–H groups in total. The summed E-state index contributed by atoms with van der Waals surface area (Å²) in [5, 5.41) is 8.96. The number of rotatable bonds is 4. The Morgan fingerprint density at radius 3 is 2.87 bits per heavy atom. The average molecular weight is 226 g/mol. The maximum absolute atomic E-state index is 10.9. The molecule has 0 saturated carbocycles. The Bertz CT molecular complexity index is 388. The minimum absolute atomic E-state index is 0.142. The van der Waals surface area contributed by atoms with Gasteiger partial charge in [0.25, 0.3) is 0 Å². The lowest BCUT2D eigenvalue weighted by Crippen LogP contribution is -2.04. The van der Waals surface area contributed by atoms with Gasteiger partial charge in [0.2, 0.25) is 0 Å². The maximum atomic E-state index is 10.9. The molecule has 1 aromatic carbocycles. The molecular weight excluding hydrogens is 214 g/mol. The van der Waals surface area contributed by atoms with Crippen molar-refractivity contribution in [2.75, 3.05) is 11.6 Å². The molecule has 4 heteroatoms. The van der Waals surface area contributed by atoms with Crippen molar-refractivity contribution in [3.63, 3.8) is 0 Å². The van der Waals surface area contributed by atoms with E-state index in [4.69, 9.17) is 22.4 Å². The Kier molecular flexibility index (Phi) is 4.18. The van der Waals surface area contributed by atoms with Gasteiger partial charge in [-0.1, -0.05) is 24.3 Å². The maximum Gasteiger partial charge on any atom is 0.338 e. The molecule has 0 heterocycles. The number of halogens is 1. The molecule has 0 amide bonds. The van der Waals surface area contributed by atoms with Crippen LogP contribution in [0, 0.1) is 0 Å². The number of benzene rings is 1. The van der Waals surface area contributed by atoms with Crippen molar-refractivity contribution in [2.24, 2.45) is 0 Å². The zero-order chi connectivity index (χ0) is 11.3. The standard InChI is InChI=1S/C11H12ClNO2/c12-7-2-1-4-8-5-3-6-9(13)10(8)11(14)15/h1,3-6H,2,7,13H2,(H,14,15). The van der Waals surface area contributed by atoms with Gasteiger partial charge in [-0.25, -0.2) is 4.79 Å². The molecule has 80 valence electrons. The fourth-order valence-corrected chi connectivity index (χ4v) is 1.37. The molecular formula is C11H12ClNO2. The Labute approximate surface area is 93.2 Å². The Morgan fingerprint density at radius 1 is 1.53 bits per heavy atom. The molecule has 3 nitrogen and oxygen atoms in total. The van der Waals surface area contributed by atoms with Gasteiger partial charge in [-0.05, 0) is 18.1 Å². The SMILES string of the molecule is Nc1cccc(C=CCCCl)c1C(=O)O. The number of nitrogens with two attached hydrogens (primary N) is 1. The summed E-state index contributed by atoms with van der Waals surface area (Å²) in [7, 11) is 0. The highest BCUT2D eigenvalue weighted by molar-refractivity contribution is 6.17. The first-order valence-electron chi connectivity index (χ1n) is 4.51. The van der Waals surface area contributed by atoms with Gasteiger partial charge in [0.1, 0.15) is 0 Å². The number of nitrogen functional groups attached to an aromatic ring is 1. The summed E-state index contributed by atoms with van der Waals surface area (Å²) < 4.78 is 0. The zero-order valence-electron chi connectivity index (χ0n) is 8.11. The van der Waals surface area contributed by atoms with E-state index in [0.717, 1.165) is 0 Å². The van der Waals surface area contributed by atoms with Crippen molar-refractivity contribution < 1.29 is 9.90 Å². The third-order valence-corrected chi connectivity index (χ3v) is 2.13. The molecule has 0 atom stereocenters. The van der Waals surface area contributed by atoms with Crippen LogP contribution in [0.3, 0.4) is 0 Å². The number of carboxylic acids is 1. The Balaban J connectivity index is 3.06. The Hall–Kier alpha value is -1.48. The van der Waals surface area contributed by atoms with Gasteiger partial charge in [-0.3, -0.25) is 0 Å². The molecule has 0 aliphatic carbocycles. The molecule has 0 aliphatic rings. The van der Waals surface area contributed by atoms with E-state index in [2.05, 4.69) is 0 Å². The largest absolute Gasteiger partial charge is 0.478 e.